The molecule has 0 N–H and O–H groups in total. The van der Waals surface area contributed by atoms with Crippen LogP contribution in [0.4, 0.5) is 0 Å². The summed E-state index contributed by atoms with van der Waals surface area (Å²) in [6.45, 7) is 5.72. The highest BCUT2D eigenvalue weighted by molar-refractivity contribution is 7.59. The molecule has 11 heavy (non-hydrogen) atoms. The molecule has 0 spiro atoms. The average molecular weight is 197 g/mol. The van der Waals surface area contributed by atoms with E-state index in [4.69, 9.17) is 16.1 Å². The van der Waals surface area contributed by atoms with Crippen molar-refractivity contribution in [1.29, 1.82) is 0 Å². The van der Waals surface area contributed by atoms with Gasteiger partial charge in [0, 0.05) is 18.2 Å². The molecule has 0 saturated carbocycles. The molecule has 0 aromatic rings. The molecule has 4 heteroatoms. The standard InChI is InChI=1S/C7H14ClO2P/c1-3-7-11(9,4-2)10-6-5-8/h3H,1,4-7H2,2H3. The zero-order valence-corrected chi connectivity index (χ0v) is 8.40. The first-order valence-electron chi connectivity index (χ1n) is 3.58. The maximum atomic E-state index is 11.6. The van der Waals surface area contributed by atoms with Gasteiger partial charge in [-0.3, -0.25) is 4.57 Å². The van der Waals surface area contributed by atoms with Crippen LogP contribution in [0.5, 0.6) is 0 Å². The molecule has 1 unspecified atom stereocenters. The number of hydrogen-bond donors (Lipinski definition) is 0. The fourth-order valence-corrected chi connectivity index (χ4v) is 2.22. The Morgan fingerprint density at radius 1 is 1.73 bits per heavy atom. The highest BCUT2D eigenvalue weighted by Crippen LogP contribution is 2.45. The summed E-state index contributed by atoms with van der Waals surface area (Å²) in [4.78, 5) is 0. The van der Waals surface area contributed by atoms with E-state index in [-0.39, 0.29) is 0 Å². The van der Waals surface area contributed by atoms with Crippen molar-refractivity contribution in [3.05, 3.63) is 12.7 Å². The van der Waals surface area contributed by atoms with Crippen molar-refractivity contribution in [2.45, 2.75) is 6.92 Å². The Hall–Kier alpha value is 0.220. The fraction of sp³-hybridized carbons (Fsp3) is 0.714. The minimum atomic E-state index is -2.42. The quantitative estimate of drug-likeness (QED) is 0.371. The highest BCUT2D eigenvalue weighted by Gasteiger charge is 2.17. The van der Waals surface area contributed by atoms with Crippen LogP contribution in [0.15, 0.2) is 12.7 Å². The summed E-state index contributed by atoms with van der Waals surface area (Å²) < 4.78 is 16.7. The van der Waals surface area contributed by atoms with E-state index in [1.165, 1.54) is 0 Å². The van der Waals surface area contributed by atoms with Crippen LogP contribution in [0.25, 0.3) is 0 Å². The summed E-state index contributed by atoms with van der Waals surface area (Å²) >= 11 is 5.39. The Kier molecular flexibility index (Phi) is 5.93. The van der Waals surface area contributed by atoms with Crippen molar-refractivity contribution in [1.82, 2.24) is 0 Å². The first-order chi connectivity index (χ1) is 5.18. The number of allylic oxidation sites excluding steroid dienone is 1. The van der Waals surface area contributed by atoms with Crippen LogP contribution < -0.4 is 0 Å². The van der Waals surface area contributed by atoms with Gasteiger partial charge in [-0.15, -0.1) is 18.2 Å². The first kappa shape index (κ1) is 11.2. The van der Waals surface area contributed by atoms with Gasteiger partial charge in [0.1, 0.15) is 0 Å². The van der Waals surface area contributed by atoms with Gasteiger partial charge in [-0.05, 0) is 0 Å². The minimum Gasteiger partial charge on any atom is -0.327 e. The smallest absolute Gasteiger partial charge is 0.206 e. The molecule has 0 bridgehead atoms. The molecule has 0 aliphatic heterocycles. The second kappa shape index (κ2) is 5.82. The molecule has 0 heterocycles. The number of halogens is 1. The zero-order chi connectivity index (χ0) is 8.74. The molecule has 0 fully saturated rings. The second-order valence-corrected chi connectivity index (χ2v) is 5.39. The zero-order valence-electron chi connectivity index (χ0n) is 6.75. The van der Waals surface area contributed by atoms with E-state index in [1.807, 2.05) is 6.92 Å². The molecular formula is C7H14ClO2P. The SMILES string of the molecule is C=CCP(=O)(CC)OCCCl. The maximum absolute atomic E-state index is 11.6. The van der Waals surface area contributed by atoms with Gasteiger partial charge in [0.25, 0.3) is 0 Å². The molecular weight excluding hydrogens is 183 g/mol. The van der Waals surface area contributed by atoms with Gasteiger partial charge in [0.15, 0.2) is 0 Å². The van der Waals surface area contributed by atoms with Crippen LogP contribution in [-0.2, 0) is 9.09 Å². The lowest BCUT2D eigenvalue weighted by Crippen LogP contribution is -1.98. The molecule has 0 aromatic carbocycles. The van der Waals surface area contributed by atoms with Crippen LogP contribution in [0.2, 0.25) is 0 Å². The minimum absolute atomic E-state index is 0.362. The third-order valence-electron chi connectivity index (χ3n) is 1.29. The third-order valence-corrected chi connectivity index (χ3v) is 3.88. The van der Waals surface area contributed by atoms with E-state index < -0.39 is 7.37 Å². The Labute approximate surface area is 73.0 Å². The summed E-state index contributed by atoms with van der Waals surface area (Å²) in [5.41, 5.74) is 0. The summed E-state index contributed by atoms with van der Waals surface area (Å²) in [5, 5.41) is 0. The number of alkyl halides is 1. The van der Waals surface area contributed by atoms with Gasteiger partial charge in [-0.25, -0.2) is 0 Å². The molecule has 0 aromatic heterocycles. The molecule has 0 radical (unpaired) electrons. The number of hydrogen-bond acceptors (Lipinski definition) is 2. The van der Waals surface area contributed by atoms with Crippen molar-refractivity contribution in [3.63, 3.8) is 0 Å². The fourth-order valence-electron chi connectivity index (χ4n) is 0.671. The first-order valence-corrected chi connectivity index (χ1v) is 6.11. The monoisotopic (exact) mass is 196 g/mol. The number of rotatable bonds is 6. The normalized spacial score (nSPS) is 15.8. The lowest BCUT2D eigenvalue weighted by Gasteiger charge is -2.13. The summed E-state index contributed by atoms with van der Waals surface area (Å²) in [6, 6.07) is 0. The van der Waals surface area contributed by atoms with Crippen LogP contribution in [0, 0.1) is 0 Å². The van der Waals surface area contributed by atoms with Crippen molar-refractivity contribution >= 4 is 19.0 Å². The molecule has 0 rings (SSSR count). The van der Waals surface area contributed by atoms with Gasteiger partial charge in [-0.2, -0.15) is 0 Å². The van der Waals surface area contributed by atoms with E-state index in [0.29, 0.717) is 24.8 Å². The Bertz CT molecular complexity index is 159. The van der Waals surface area contributed by atoms with Crippen molar-refractivity contribution in [2.75, 3.05) is 24.8 Å². The summed E-state index contributed by atoms with van der Waals surface area (Å²) in [7, 11) is -2.42. The van der Waals surface area contributed by atoms with Gasteiger partial charge in [0.05, 0.1) is 6.61 Å². The third kappa shape index (κ3) is 4.62. The van der Waals surface area contributed by atoms with E-state index >= 15 is 0 Å². The van der Waals surface area contributed by atoms with Crippen LogP contribution >= 0.6 is 19.0 Å². The molecule has 66 valence electrons. The van der Waals surface area contributed by atoms with Gasteiger partial charge < -0.3 is 4.52 Å². The largest absolute Gasteiger partial charge is 0.327 e. The van der Waals surface area contributed by atoms with Gasteiger partial charge >= 0.3 is 0 Å². The Morgan fingerprint density at radius 3 is 2.73 bits per heavy atom. The van der Waals surface area contributed by atoms with E-state index in [0.717, 1.165) is 0 Å². The van der Waals surface area contributed by atoms with Gasteiger partial charge in [0.2, 0.25) is 7.37 Å². The molecule has 0 aliphatic carbocycles. The highest BCUT2D eigenvalue weighted by atomic mass is 35.5. The lowest BCUT2D eigenvalue weighted by molar-refractivity contribution is 0.338. The lowest BCUT2D eigenvalue weighted by atomic mass is 10.8. The van der Waals surface area contributed by atoms with Crippen molar-refractivity contribution in [3.8, 4) is 0 Å². The van der Waals surface area contributed by atoms with Crippen LogP contribution in [0.3, 0.4) is 0 Å². The molecule has 1 atom stereocenters. The van der Waals surface area contributed by atoms with Crippen LogP contribution in [0.1, 0.15) is 6.92 Å². The maximum Gasteiger partial charge on any atom is 0.206 e. The summed E-state index contributed by atoms with van der Waals surface area (Å²) in [6.07, 6.45) is 2.62. The topological polar surface area (TPSA) is 26.3 Å². The second-order valence-electron chi connectivity index (χ2n) is 2.12. The van der Waals surface area contributed by atoms with Crippen molar-refractivity contribution in [2.24, 2.45) is 0 Å². The van der Waals surface area contributed by atoms with E-state index in [1.54, 1.807) is 6.08 Å². The van der Waals surface area contributed by atoms with Crippen LogP contribution in [-0.4, -0.2) is 24.8 Å². The average Bonchev–Trinajstić information content (AvgIpc) is 2.02. The van der Waals surface area contributed by atoms with Crippen molar-refractivity contribution < 1.29 is 9.09 Å². The summed E-state index contributed by atoms with van der Waals surface area (Å²) in [5.74, 6) is 0.390. The van der Waals surface area contributed by atoms with E-state index in [9.17, 15) is 4.57 Å². The molecule has 0 saturated heterocycles. The Balaban J connectivity index is 3.88. The van der Waals surface area contributed by atoms with Gasteiger partial charge in [-0.1, -0.05) is 13.0 Å². The van der Waals surface area contributed by atoms with E-state index in [2.05, 4.69) is 6.58 Å². The predicted octanol–water partition coefficient (Wildman–Crippen LogP) is 2.73. The molecule has 2 nitrogen and oxygen atoms in total. The molecule has 0 aliphatic rings. The predicted molar refractivity (Wildman–Crippen MR) is 49.9 cm³/mol. The molecule has 0 amide bonds. The Morgan fingerprint density at radius 2 is 2.36 bits per heavy atom.